The molecule has 0 amide bonds. The third-order valence-corrected chi connectivity index (χ3v) is 3.54. The number of ether oxygens (including phenoxy) is 2. The summed E-state index contributed by atoms with van der Waals surface area (Å²) < 4.78 is 11.8. The molecule has 1 N–H and O–H groups in total. The molecule has 0 aliphatic heterocycles. The molecule has 0 radical (unpaired) electrons. The summed E-state index contributed by atoms with van der Waals surface area (Å²) in [6.45, 7) is 4.92. The fourth-order valence-electron chi connectivity index (χ4n) is 1.84. The summed E-state index contributed by atoms with van der Waals surface area (Å²) in [5.41, 5.74) is 1.09. The number of nitrogens with one attached hydrogen (secondary N) is 1. The van der Waals surface area contributed by atoms with Gasteiger partial charge in [-0.2, -0.15) is 0 Å². The van der Waals surface area contributed by atoms with E-state index in [2.05, 4.69) is 21.2 Å². The van der Waals surface area contributed by atoms with Crippen LogP contribution >= 0.6 is 15.9 Å². The minimum atomic E-state index is -0.538. The molecule has 0 aliphatic rings. The molecule has 20 heavy (non-hydrogen) atoms. The standard InChI is InChI=1S/C15H22BrNO3/c1-4-6-14(15(18)19-5-2)20-12-7-8-13(16)11(9-12)10-17-3/h7-9,14,17H,4-6,10H2,1-3H3. The van der Waals surface area contributed by atoms with Crippen LogP contribution in [0.2, 0.25) is 0 Å². The maximum Gasteiger partial charge on any atom is 0.347 e. The fourth-order valence-corrected chi connectivity index (χ4v) is 2.22. The van der Waals surface area contributed by atoms with Crippen LogP contribution in [0.25, 0.3) is 0 Å². The lowest BCUT2D eigenvalue weighted by molar-refractivity contribution is -0.151. The lowest BCUT2D eigenvalue weighted by Gasteiger charge is -2.18. The molecule has 0 saturated heterocycles. The van der Waals surface area contributed by atoms with Gasteiger partial charge in [0.25, 0.3) is 0 Å². The van der Waals surface area contributed by atoms with Crippen LogP contribution in [0, 0.1) is 0 Å². The third kappa shape index (κ3) is 5.13. The number of rotatable bonds is 8. The quantitative estimate of drug-likeness (QED) is 0.736. The lowest BCUT2D eigenvalue weighted by Crippen LogP contribution is -2.29. The minimum Gasteiger partial charge on any atom is -0.479 e. The van der Waals surface area contributed by atoms with Gasteiger partial charge in [0, 0.05) is 11.0 Å². The lowest BCUT2D eigenvalue weighted by atomic mass is 10.2. The van der Waals surface area contributed by atoms with Crippen molar-refractivity contribution in [2.24, 2.45) is 0 Å². The second-order valence-electron chi connectivity index (χ2n) is 4.43. The molecule has 112 valence electrons. The SMILES string of the molecule is CCCC(Oc1ccc(Br)c(CNC)c1)C(=O)OCC. The molecule has 4 nitrogen and oxygen atoms in total. The first-order chi connectivity index (χ1) is 9.62. The maximum absolute atomic E-state index is 11.8. The van der Waals surface area contributed by atoms with Crippen molar-refractivity contribution >= 4 is 21.9 Å². The smallest absolute Gasteiger partial charge is 0.347 e. The topological polar surface area (TPSA) is 47.6 Å². The Kier molecular flexibility index (Phi) is 7.62. The molecule has 0 aromatic heterocycles. The molecule has 5 heteroatoms. The van der Waals surface area contributed by atoms with E-state index in [1.54, 1.807) is 6.92 Å². The van der Waals surface area contributed by atoms with E-state index < -0.39 is 6.10 Å². The predicted octanol–water partition coefficient (Wildman–Crippen LogP) is 3.28. The van der Waals surface area contributed by atoms with Crippen LogP contribution in [0.5, 0.6) is 5.75 Å². The van der Waals surface area contributed by atoms with Gasteiger partial charge in [0.05, 0.1) is 6.61 Å². The first-order valence-corrected chi connectivity index (χ1v) is 7.68. The maximum atomic E-state index is 11.8. The molecule has 0 bridgehead atoms. The zero-order valence-electron chi connectivity index (χ0n) is 12.2. The molecule has 0 heterocycles. The highest BCUT2D eigenvalue weighted by Gasteiger charge is 2.21. The largest absolute Gasteiger partial charge is 0.479 e. The van der Waals surface area contributed by atoms with E-state index in [-0.39, 0.29) is 5.97 Å². The molecule has 1 unspecified atom stereocenters. The first-order valence-electron chi connectivity index (χ1n) is 6.88. The van der Waals surface area contributed by atoms with Crippen molar-refractivity contribution in [1.29, 1.82) is 0 Å². The molecule has 0 fully saturated rings. The highest BCUT2D eigenvalue weighted by molar-refractivity contribution is 9.10. The van der Waals surface area contributed by atoms with Crippen molar-refractivity contribution in [1.82, 2.24) is 5.32 Å². The second kappa shape index (κ2) is 8.97. The van der Waals surface area contributed by atoms with Crippen LogP contribution in [0.4, 0.5) is 0 Å². The molecule has 0 saturated carbocycles. The summed E-state index contributed by atoms with van der Waals surface area (Å²) in [5.74, 6) is 0.386. The van der Waals surface area contributed by atoms with E-state index in [0.29, 0.717) is 18.8 Å². The van der Waals surface area contributed by atoms with Crippen LogP contribution in [0.1, 0.15) is 32.3 Å². The van der Waals surface area contributed by atoms with Gasteiger partial charge in [-0.1, -0.05) is 29.3 Å². The average molecular weight is 344 g/mol. The van der Waals surface area contributed by atoms with E-state index in [9.17, 15) is 4.79 Å². The van der Waals surface area contributed by atoms with E-state index in [1.807, 2.05) is 32.2 Å². The number of carbonyl (C=O) groups excluding carboxylic acids is 1. The Morgan fingerprint density at radius 2 is 2.15 bits per heavy atom. The van der Waals surface area contributed by atoms with Gasteiger partial charge in [-0.05, 0) is 44.2 Å². The Morgan fingerprint density at radius 1 is 1.40 bits per heavy atom. The van der Waals surface area contributed by atoms with Crippen LogP contribution in [-0.4, -0.2) is 25.7 Å². The van der Waals surface area contributed by atoms with Gasteiger partial charge in [0.2, 0.25) is 0 Å². The monoisotopic (exact) mass is 343 g/mol. The number of halogens is 1. The molecule has 1 atom stereocenters. The highest BCUT2D eigenvalue weighted by atomic mass is 79.9. The van der Waals surface area contributed by atoms with Crippen molar-refractivity contribution in [3.8, 4) is 5.75 Å². The Balaban J connectivity index is 2.82. The Morgan fingerprint density at radius 3 is 2.75 bits per heavy atom. The highest BCUT2D eigenvalue weighted by Crippen LogP contribution is 2.24. The van der Waals surface area contributed by atoms with E-state index in [1.165, 1.54) is 0 Å². The molecular formula is C15H22BrNO3. The first kappa shape index (κ1) is 17.0. The Bertz CT molecular complexity index is 437. The number of hydrogen-bond donors (Lipinski definition) is 1. The Labute approximate surface area is 129 Å². The molecule has 1 aromatic carbocycles. The minimum absolute atomic E-state index is 0.299. The van der Waals surface area contributed by atoms with E-state index in [4.69, 9.17) is 9.47 Å². The summed E-state index contributed by atoms with van der Waals surface area (Å²) in [4.78, 5) is 11.8. The number of carbonyl (C=O) groups is 1. The van der Waals surface area contributed by atoms with Gasteiger partial charge in [0.1, 0.15) is 5.75 Å². The zero-order chi connectivity index (χ0) is 15.0. The summed E-state index contributed by atoms with van der Waals surface area (Å²) in [7, 11) is 1.89. The van der Waals surface area contributed by atoms with Crippen LogP contribution < -0.4 is 10.1 Å². The molecule has 1 rings (SSSR count). The van der Waals surface area contributed by atoms with Gasteiger partial charge >= 0.3 is 5.97 Å². The van der Waals surface area contributed by atoms with Crippen molar-refractivity contribution in [3.63, 3.8) is 0 Å². The molecule has 0 aliphatic carbocycles. The number of benzene rings is 1. The van der Waals surface area contributed by atoms with Crippen molar-refractivity contribution in [2.75, 3.05) is 13.7 Å². The Hall–Kier alpha value is -1.07. The number of esters is 1. The predicted molar refractivity (Wildman–Crippen MR) is 82.9 cm³/mol. The van der Waals surface area contributed by atoms with Gasteiger partial charge in [-0.3, -0.25) is 0 Å². The van der Waals surface area contributed by atoms with Crippen molar-refractivity contribution in [2.45, 2.75) is 39.3 Å². The van der Waals surface area contributed by atoms with Crippen LogP contribution in [0.15, 0.2) is 22.7 Å². The molecular weight excluding hydrogens is 322 g/mol. The summed E-state index contributed by atoms with van der Waals surface area (Å²) >= 11 is 3.50. The van der Waals surface area contributed by atoms with Crippen LogP contribution in [0.3, 0.4) is 0 Å². The fraction of sp³-hybridized carbons (Fsp3) is 0.533. The normalized spacial score (nSPS) is 12.0. The molecule has 1 aromatic rings. The van der Waals surface area contributed by atoms with Gasteiger partial charge in [-0.15, -0.1) is 0 Å². The summed E-state index contributed by atoms with van der Waals surface area (Å²) in [5, 5.41) is 3.10. The van der Waals surface area contributed by atoms with Gasteiger partial charge in [0.15, 0.2) is 6.10 Å². The molecule has 0 spiro atoms. The van der Waals surface area contributed by atoms with Crippen molar-refractivity contribution < 1.29 is 14.3 Å². The van der Waals surface area contributed by atoms with E-state index >= 15 is 0 Å². The van der Waals surface area contributed by atoms with E-state index in [0.717, 1.165) is 23.0 Å². The summed E-state index contributed by atoms with van der Waals surface area (Å²) in [6, 6.07) is 5.71. The van der Waals surface area contributed by atoms with Gasteiger partial charge < -0.3 is 14.8 Å². The third-order valence-electron chi connectivity index (χ3n) is 2.76. The second-order valence-corrected chi connectivity index (χ2v) is 5.29. The van der Waals surface area contributed by atoms with Crippen molar-refractivity contribution in [3.05, 3.63) is 28.2 Å². The van der Waals surface area contributed by atoms with Crippen LogP contribution in [-0.2, 0) is 16.1 Å². The average Bonchev–Trinajstić information content (AvgIpc) is 2.42. The summed E-state index contributed by atoms with van der Waals surface area (Å²) in [6.07, 6.45) is 0.975. The zero-order valence-corrected chi connectivity index (χ0v) is 13.8. The van der Waals surface area contributed by atoms with Gasteiger partial charge in [-0.25, -0.2) is 4.79 Å². The number of hydrogen-bond acceptors (Lipinski definition) is 4.